The predicted molar refractivity (Wildman–Crippen MR) is 193 cm³/mol. The summed E-state index contributed by atoms with van der Waals surface area (Å²) in [5.41, 5.74) is 9.76. The van der Waals surface area contributed by atoms with Crippen LogP contribution in [-0.2, 0) is 0 Å². The second kappa shape index (κ2) is 9.43. The lowest BCUT2D eigenvalue weighted by Crippen LogP contribution is -1.94. The Morgan fingerprint density at radius 2 is 0.778 bits per heavy atom. The molecule has 10 rings (SSSR count). The third-order valence-electron chi connectivity index (χ3n) is 9.34. The Labute approximate surface area is 263 Å². The van der Waals surface area contributed by atoms with Gasteiger partial charge in [-0.25, -0.2) is 0 Å². The van der Waals surface area contributed by atoms with Crippen LogP contribution in [0.3, 0.4) is 0 Å². The van der Waals surface area contributed by atoms with Crippen molar-refractivity contribution in [2.75, 3.05) is 0 Å². The molecule has 0 fully saturated rings. The van der Waals surface area contributed by atoms with Gasteiger partial charge in [-0.15, -0.1) is 11.3 Å². The van der Waals surface area contributed by atoms with Crippen molar-refractivity contribution < 1.29 is 0 Å². The van der Waals surface area contributed by atoms with E-state index in [9.17, 15) is 0 Å². The van der Waals surface area contributed by atoms with Gasteiger partial charge in [-0.1, -0.05) is 109 Å². The maximum Gasteiger partial charge on any atom is 0.0719 e. The van der Waals surface area contributed by atoms with Crippen LogP contribution in [0.2, 0.25) is 0 Å². The molecule has 3 aromatic heterocycles. The van der Waals surface area contributed by atoms with Crippen LogP contribution in [-0.4, -0.2) is 9.13 Å². The molecule has 10 aromatic rings. The first-order chi connectivity index (χ1) is 22.3. The summed E-state index contributed by atoms with van der Waals surface area (Å²) in [6, 6.07) is 57.5. The van der Waals surface area contributed by atoms with Crippen molar-refractivity contribution in [1.29, 1.82) is 0 Å². The minimum absolute atomic E-state index is 1.17. The second-order valence-electron chi connectivity index (χ2n) is 11.8. The van der Waals surface area contributed by atoms with Crippen LogP contribution >= 0.6 is 11.3 Å². The van der Waals surface area contributed by atoms with E-state index >= 15 is 0 Å². The van der Waals surface area contributed by atoms with E-state index in [0.717, 1.165) is 0 Å². The van der Waals surface area contributed by atoms with Gasteiger partial charge in [0, 0.05) is 48.4 Å². The van der Waals surface area contributed by atoms with Crippen LogP contribution in [0.1, 0.15) is 0 Å². The maximum absolute atomic E-state index is 2.46. The van der Waals surface area contributed by atoms with Gasteiger partial charge in [0.05, 0.1) is 26.8 Å². The molecule has 0 N–H and O–H groups in total. The zero-order chi connectivity index (χ0) is 29.5. The number of aromatic nitrogens is 2. The number of benzene rings is 7. The number of para-hydroxylation sites is 3. The monoisotopic (exact) mass is 590 g/mol. The number of hydrogen-bond donors (Lipinski definition) is 0. The lowest BCUT2D eigenvalue weighted by Gasteiger charge is -2.11. The highest BCUT2D eigenvalue weighted by Crippen LogP contribution is 2.43. The molecule has 0 radical (unpaired) electrons. The van der Waals surface area contributed by atoms with Crippen LogP contribution in [0.4, 0.5) is 0 Å². The van der Waals surface area contributed by atoms with Gasteiger partial charge in [-0.2, -0.15) is 0 Å². The number of hydrogen-bond acceptors (Lipinski definition) is 1. The van der Waals surface area contributed by atoms with Gasteiger partial charge < -0.3 is 9.13 Å². The normalized spacial score (nSPS) is 12.0. The molecule has 0 amide bonds. The molecule has 0 aliphatic rings. The molecule has 0 bridgehead atoms. The number of rotatable bonds is 3. The Hall–Kier alpha value is -5.64. The molecule has 0 atom stereocenters. The zero-order valence-electron chi connectivity index (χ0n) is 24.3. The summed E-state index contributed by atoms with van der Waals surface area (Å²) in [5, 5.41) is 7.81. The summed E-state index contributed by atoms with van der Waals surface area (Å²) in [7, 11) is 0. The lowest BCUT2D eigenvalue weighted by molar-refractivity contribution is 1.18. The number of nitrogens with zero attached hydrogens (tertiary/aromatic N) is 2. The summed E-state index contributed by atoms with van der Waals surface area (Å²) < 4.78 is 7.50. The Bertz CT molecular complexity index is 2690. The Balaban J connectivity index is 1.10. The standard InChI is InChI=1S/C42H26N2S/c1-5-13-37-31(9-1)32-10-2-6-14-38(32)43(37)29-21-17-27(18-22-29)28-19-23-30(24-20-28)44-39-15-7-3-11-33(39)35-25-26-36-34-12-4-8-16-40(34)45-42(36)41(35)44/h1-26H. The van der Waals surface area contributed by atoms with Gasteiger partial charge in [0.25, 0.3) is 0 Å². The van der Waals surface area contributed by atoms with E-state index in [1.54, 1.807) is 0 Å². The smallest absolute Gasteiger partial charge is 0.0719 e. The fourth-order valence-corrected chi connectivity index (χ4v) is 8.55. The minimum Gasteiger partial charge on any atom is -0.309 e. The average molecular weight is 591 g/mol. The second-order valence-corrected chi connectivity index (χ2v) is 12.8. The van der Waals surface area contributed by atoms with Crippen LogP contribution in [0, 0.1) is 0 Å². The molecule has 0 unspecified atom stereocenters. The minimum atomic E-state index is 1.17. The summed E-state index contributed by atoms with van der Waals surface area (Å²) in [6.45, 7) is 0. The molecule has 210 valence electrons. The third kappa shape index (κ3) is 3.56. The van der Waals surface area contributed by atoms with E-state index in [1.165, 1.54) is 86.3 Å². The average Bonchev–Trinajstić information content (AvgIpc) is 3.76. The van der Waals surface area contributed by atoms with Gasteiger partial charge >= 0.3 is 0 Å². The Morgan fingerprint density at radius 3 is 1.38 bits per heavy atom. The molecule has 0 aliphatic carbocycles. The molecular formula is C42H26N2S. The highest BCUT2D eigenvalue weighted by atomic mass is 32.1. The summed E-state index contributed by atoms with van der Waals surface area (Å²) in [4.78, 5) is 0. The molecule has 45 heavy (non-hydrogen) atoms. The van der Waals surface area contributed by atoms with Crippen molar-refractivity contribution >= 4 is 75.1 Å². The predicted octanol–water partition coefficient (Wildman–Crippen LogP) is 11.9. The molecule has 7 aromatic carbocycles. The van der Waals surface area contributed by atoms with Gasteiger partial charge in [-0.3, -0.25) is 0 Å². The molecule has 0 spiro atoms. The highest BCUT2D eigenvalue weighted by Gasteiger charge is 2.18. The first kappa shape index (κ1) is 24.8. The number of thiophene rings is 1. The maximum atomic E-state index is 2.46. The van der Waals surface area contributed by atoms with Crippen molar-refractivity contribution in [3.63, 3.8) is 0 Å². The molecule has 3 heterocycles. The number of fused-ring (bicyclic) bond motifs is 10. The molecule has 3 heteroatoms. The Morgan fingerprint density at radius 1 is 0.333 bits per heavy atom. The SMILES string of the molecule is c1ccc2c(c1)sc1c2ccc2c3ccccc3n(-c3ccc(-c4ccc(-n5c6ccccc6c6ccccc65)cc4)cc3)c21. The molecule has 2 nitrogen and oxygen atoms in total. The fraction of sp³-hybridized carbons (Fsp3) is 0. The quantitative estimate of drug-likeness (QED) is 0.194. The van der Waals surface area contributed by atoms with Gasteiger partial charge in [0.1, 0.15) is 0 Å². The van der Waals surface area contributed by atoms with Crippen molar-refractivity contribution in [1.82, 2.24) is 9.13 Å². The highest BCUT2D eigenvalue weighted by molar-refractivity contribution is 7.26. The van der Waals surface area contributed by atoms with E-state index in [-0.39, 0.29) is 0 Å². The largest absolute Gasteiger partial charge is 0.309 e. The van der Waals surface area contributed by atoms with E-state index in [4.69, 9.17) is 0 Å². The fourth-order valence-electron chi connectivity index (χ4n) is 7.31. The van der Waals surface area contributed by atoms with Crippen LogP contribution in [0.25, 0.3) is 86.3 Å². The van der Waals surface area contributed by atoms with Crippen LogP contribution in [0.15, 0.2) is 158 Å². The van der Waals surface area contributed by atoms with Crippen molar-refractivity contribution in [3.8, 4) is 22.5 Å². The van der Waals surface area contributed by atoms with Crippen LogP contribution in [0.5, 0.6) is 0 Å². The van der Waals surface area contributed by atoms with E-state index < -0.39 is 0 Å². The van der Waals surface area contributed by atoms with Gasteiger partial charge in [0.15, 0.2) is 0 Å². The van der Waals surface area contributed by atoms with Crippen molar-refractivity contribution in [2.24, 2.45) is 0 Å². The summed E-state index contributed by atoms with van der Waals surface area (Å²) in [6.07, 6.45) is 0. The topological polar surface area (TPSA) is 9.86 Å². The van der Waals surface area contributed by atoms with Crippen molar-refractivity contribution in [2.45, 2.75) is 0 Å². The molecule has 0 saturated heterocycles. The van der Waals surface area contributed by atoms with E-state index in [0.29, 0.717) is 0 Å². The first-order valence-corrected chi connectivity index (χ1v) is 16.2. The van der Waals surface area contributed by atoms with Gasteiger partial charge in [-0.05, 0) is 59.7 Å². The summed E-state index contributed by atoms with van der Waals surface area (Å²) >= 11 is 1.89. The zero-order valence-corrected chi connectivity index (χ0v) is 25.1. The van der Waals surface area contributed by atoms with Crippen LogP contribution < -0.4 is 0 Å². The van der Waals surface area contributed by atoms with Gasteiger partial charge in [0.2, 0.25) is 0 Å². The Kier molecular flexibility index (Phi) is 5.19. The molecule has 0 aliphatic heterocycles. The molecular weight excluding hydrogens is 565 g/mol. The van der Waals surface area contributed by atoms with E-state index in [1.807, 2.05) is 11.3 Å². The molecule has 0 saturated carbocycles. The van der Waals surface area contributed by atoms with Crippen molar-refractivity contribution in [3.05, 3.63) is 158 Å². The lowest BCUT2D eigenvalue weighted by atomic mass is 10.0. The summed E-state index contributed by atoms with van der Waals surface area (Å²) in [5.74, 6) is 0. The first-order valence-electron chi connectivity index (χ1n) is 15.4. The van der Waals surface area contributed by atoms with E-state index in [2.05, 4.69) is 167 Å². The third-order valence-corrected chi connectivity index (χ3v) is 10.5.